The normalized spacial score (nSPS) is 22.7. The van der Waals surface area contributed by atoms with Gasteiger partial charge in [-0.05, 0) is 22.3 Å². The molecular weight excluding hydrogens is 504 g/mol. The van der Waals surface area contributed by atoms with Gasteiger partial charge in [-0.25, -0.2) is 0 Å². The number of hydrogen-bond acceptors (Lipinski definition) is 6. The molecule has 1 fully saturated rings. The predicted molar refractivity (Wildman–Crippen MR) is 152 cm³/mol. The van der Waals surface area contributed by atoms with E-state index in [2.05, 4.69) is 0 Å². The fraction of sp³-hybridized carbons (Fsp3) is 0.294. The molecule has 0 aromatic heterocycles. The first-order valence-corrected chi connectivity index (χ1v) is 13.7. The molecule has 0 aliphatic carbocycles. The van der Waals surface area contributed by atoms with E-state index < -0.39 is 30.7 Å². The summed E-state index contributed by atoms with van der Waals surface area (Å²) in [5.74, 6) is 0. The highest BCUT2D eigenvalue weighted by Gasteiger charge is 2.47. The maximum atomic E-state index is 11.5. The van der Waals surface area contributed by atoms with Crippen LogP contribution in [0.15, 0.2) is 121 Å². The summed E-state index contributed by atoms with van der Waals surface area (Å²) >= 11 is 0. The third-order valence-electron chi connectivity index (χ3n) is 6.84. The van der Waals surface area contributed by atoms with Gasteiger partial charge < -0.3 is 28.8 Å². The van der Waals surface area contributed by atoms with Gasteiger partial charge in [0.25, 0.3) is 0 Å². The SMILES string of the molecule is O[C@@H]1[C@@H](OCc2ccccc2)O[C@@H](COCc2ccccc2)[C@@H](OCc2ccccc2)[C@@H]1OCc1ccccc1. The minimum Gasteiger partial charge on any atom is -0.385 e. The summed E-state index contributed by atoms with van der Waals surface area (Å²) in [7, 11) is 0. The molecule has 4 aromatic rings. The van der Waals surface area contributed by atoms with Crippen LogP contribution in [0.25, 0.3) is 0 Å². The predicted octanol–water partition coefficient (Wildman–Crippen LogP) is 5.68. The van der Waals surface area contributed by atoms with Crippen LogP contribution < -0.4 is 0 Å². The molecule has 1 saturated heterocycles. The third kappa shape index (κ3) is 8.08. The van der Waals surface area contributed by atoms with Crippen LogP contribution in [0.2, 0.25) is 0 Å². The van der Waals surface area contributed by atoms with Crippen molar-refractivity contribution in [3.8, 4) is 0 Å². The van der Waals surface area contributed by atoms with E-state index in [0.29, 0.717) is 26.4 Å². The van der Waals surface area contributed by atoms with Crippen molar-refractivity contribution in [3.63, 3.8) is 0 Å². The van der Waals surface area contributed by atoms with Gasteiger partial charge in [-0.3, -0.25) is 0 Å². The lowest BCUT2D eigenvalue weighted by atomic mass is 9.98. The number of ether oxygens (including phenoxy) is 5. The summed E-state index contributed by atoms with van der Waals surface area (Å²) in [6.07, 6.45) is -3.81. The number of benzene rings is 4. The summed E-state index contributed by atoms with van der Waals surface area (Å²) in [5.41, 5.74) is 4.07. The minimum absolute atomic E-state index is 0.247. The van der Waals surface area contributed by atoms with Gasteiger partial charge in [0.05, 0.1) is 33.0 Å². The lowest BCUT2D eigenvalue weighted by Crippen LogP contribution is -2.61. The summed E-state index contributed by atoms with van der Waals surface area (Å²) in [6.45, 7) is 1.63. The first-order chi connectivity index (χ1) is 19.8. The van der Waals surface area contributed by atoms with Gasteiger partial charge in [-0.2, -0.15) is 0 Å². The van der Waals surface area contributed by atoms with Gasteiger partial charge in [0.2, 0.25) is 0 Å². The number of hydrogen-bond donors (Lipinski definition) is 1. The van der Waals surface area contributed by atoms with E-state index >= 15 is 0 Å². The van der Waals surface area contributed by atoms with Gasteiger partial charge in [0.15, 0.2) is 6.29 Å². The molecule has 40 heavy (non-hydrogen) atoms. The zero-order valence-corrected chi connectivity index (χ0v) is 22.5. The molecular formula is C34H36O6. The van der Waals surface area contributed by atoms with Crippen LogP contribution >= 0.6 is 0 Å². The lowest BCUT2D eigenvalue weighted by Gasteiger charge is -2.44. The van der Waals surface area contributed by atoms with E-state index in [1.54, 1.807) is 0 Å². The maximum Gasteiger partial charge on any atom is 0.187 e. The van der Waals surface area contributed by atoms with Gasteiger partial charge in [0.1, 0.15) is 24.4 Å². The molecule has 6 nitrogen and oxygen atoms in total. The summed E-state index contributed by atoms with van der Waals surface area (Å²) in [4.78, 5) is 0. The van der Waals surface area contributed by atoms with Gasteiger partial charge in [0, 0.05) is 0 Å². The topological polar surface area (TPSA) is 66.4 Å². The highest BCUT2D eigenvalue weighted by atomic mass is 16.7. The molecule has 0 unspecified atom stereocenters. The fourth-order valence-corrected chi connectivity index (χ4v) is 4.71. The molecule has 4 aromatic carbocycles. The van der Waals surface area contributed by atoms with Crippen molar-refractivity contribution >= 4 is 0 Å². The molecule has 0 radical (unpaired) electrons. The van der Waals surface area contributed by atoms with E-state index in [9.17, 15) is 5.11 Å². The molecule has 5 atom stereocenters. The lowest BCUT2D eigenvalue weighted by molar-refractivity contribution is -0.321. The van der Waals surface area contributed by atoms with Crippen LogP contribution in [-0.4, -0.2) is 42.4 Å². The zero-order valence-electron chi connectivity index (χ0n) is 22.5. The molecule has 1 aliphatic rings. The van der Waals surface area contributed by atoms with Crippen LogP contribution in [0, 0.1) is 0 Å². The Morgan fingerprint density at radius 2 is 0.900 bits per heavy atom. The van der Waals surface area contributed by atoms with Crippen molar-refractivity contribution in [1.29, 1.82) is 0 Å². The van der Waals surface area contributed by atoms with E-state index in [1.165, 1.54) is 0 Å². The Kier molecular flexibility index (Phi) is 10.5. The Morgan fingerprint density at radius 3 is 1.38 bits per heavy atom. The first-order valence-electron chi connectivity index (χ1n) is 13.7. The van der Waals surface area contributed by atoms with Crippen LogP contribution in [0.5, 0.6) is 0 Å². The van der Waals surface area contributed by atoms with Crippen molar-refractivity contribution in [1.82, 2.24) is 0 Å². The Bertz CT molecular complexity index is 1200. The van der Waals surface area contributed by atoms with Crippen molar-refractivity contribution in [2.24, 2.45) is 0 Å². The highest BCUT2D eigenvalue weighted by molar-refractivity contribution is 5.16. The highest BCUT2D eigenvalue weighted by Crippen LogP contribution is 2.29. The van der Waals surface area contributed by atoms with Gasteiger partial charge in [-0.1, -0.05) is 121 Å². The van der Waals surface area contributed by atoms with E-state index in [1.807, 2.05) is 121 Å². The second-order valence-corrected chi connectivity index (χ2v) is 9.85. The summed E-state index contributed by atoms with van der Waals surface area (Å²) in [6, 6.07) is 39.6. The van der Waals surface area contributed by atoms with Gasteiger partial charge >= 0.3 is 0 Å². The van der Waals surface area contributed by atoms with E-state index in [-0.39, 0.29) is 6.61 Å². The summed E-state index contributed by atoms with van der Waals surface area (Å²) < 4.78 is 31.3. The third-order valence-corrected chi connectivity index (χ3v) is 6.84. The Balaban J connectivity index is 1.34. The molecule has 208 valence electrons. The van der Waals surface area contributed by atoms with E-state index in [4.69, 9.17) is 23.7 Å². The van der Waals surface area contributed by atoms with Gasteiger partial charge in [-0.15, -0.1) is 0 Å². The van der Waals surface area contributed by atoms with Crippen LogP contribution in [-0.2, 0) is 50.1 Å². The molecule has 5 rings (SSSR count). The molecule has 6 heteroatoms. The smallest absolute Gasteiger partial charge is 0.187 e. The van der Waals surface area contributed by atoms with Crippen molar-refractivity contribution < 1.29 is 28.8 Å². The Morgan fingerprint density at radius 1 is 0.500 bits per heavy atom. The quantitative estimate of drug-likeness (QED) is 0.236. The van der Waals surface area contributed by atoms with E-state index in [0.717, 1.165) is 22.3 Å². The molecule has 1 aliphatic heterocycles. The van der Waals surface area contributed by atoms with Crippen molar-refractivity contribution in [2.45, 2.75) is 57.1 Å². The summed E-state index contributed by atoms with van der Waals surface area (Å²) in [5, 5.41) is 11.5. The zero-order chi connectivity index (χ0) is 27.4. The number of aliphatic hydroxyl groups excluding tert-OH is 1. The molecule has 1 N–H and O–H groups in total. The monoisotopic (exact) mass is 540 g/mol. The average Bonchev–Trinajstić information content (AvgIpc) is 3.01. The Hall–Kier alpha value is -3.36. The second kappa shape index (κ2) is 14.9. The fourth-order valence-electron chi connectivity index (χ4n) is 4.71. The maximum absolute atomic E-state index is 11.5. The molecule has 0 saturated carbocycles. The van der Waals surface area contributed by atoms with Crippen LogP contribution in [0.3, 0.4) is 0 Å². The minimum atomic E-state index is -1.07. The number of rotatable bonds is 13. The average molecular weight is 541 g/mol. The van der Waals surface area contributed by atoms with Crippen LogP contribution in [0.4, 0.5) is 0 Å². The largest absolute Gasteiger partial charge is 0.385 e. The standard InChI is InChI=1S/C34H36O6/c35-31-33(38-23-28-17-9-3-10-18-28)32(37-22-27-15-7-2-8-16-27)30(25-36-21-26-13-5-1-6-14-26)40-34(31)39-24-29-19-11-4-12-20-29/h1-20,30-35H,21-25H2/t30-,31-,32+,33+,34-/m0/s1. The molecule has 0 spiro atoms. The first kappa shape index (κ1) is 28.2. The van der Waals surface area contributed by atoms with Crippen LogP contribution in [0.1, 0.15) is 22.3 Å². The molecule has 1 heterocycles. The Labute approximate surface area is 236 Å². The van der Waals surface area contributed by atoms with Crippen molar-refractivity contribution in [3.05, 3.63) is 144 Å². The molecule has 0 amide bonds. The second-order valence-electron chi connectivity index (χ2n) is 9.85. The molecule has 0 bridgehead atoms. The number of aliphatic hydroxyl groups is 1. The van der Waals surface area contributed by atoms with Crippen molar-refractivity contribution in [2.75, 3.05) is 6.61 Å².